The molecule has 5 rings (SSSR count). The number of nitrogens with two attached hydrogens (primary N) is 1. The number of aliphatic hydroxyl groups is 1. The van der Waals surface area contributed by atoms with E-state index in [1.807, 2.05) is 0 Å². The van der Waals surface area contributed by atoms with Gasteiger partial charge in [-0.15, -0.1) is 0 Å². The number of carbonyl (C=O) groups is 1. The van der Waals surface area contributed by atoms with Gasteiger partial charge in [0.25, 0.3) is 0 Å². The highest BCUT2D eigenvalue weighted by atomic mass is 35.5. The molecule has 5 N–H and O–H groups in total. The molecule has 3 aromatic rings. The third-order valence-electron chi connectivity index (χ3n) is 7.08. The fraction of sp³-hybridized carbons (Fsp3) is 0.500. The quantitative estimate of drug-likeness (QED) is 0.368. The lowest BCUT2D eigenvalue weighted by Crippen LogP contribution is -2.30. The number of amides is 1. The van der Waals surface area contributed by atoms with Gasteiger partial charge in [0.1, 0.15) is 5.52 Å². The number of primary amides is 1. The van der Waals surface area contributed by atoms with Crippen LogP contribution in [0.1, 0.15) is 57.4 Å². The Kier molecular flexibility index (Phi) is 7.00. The predicted octanol–water partition coefficient (Wildman–Crippen LogP) is 4.81. The lowest BCUT2D eigenvalue weighted by molar-refractivity contribution is -0.122. The Bertz CT molecular complexity index is 1210. The van der Waals surface area contributed by atoms with Gasteiger partial charge in [-0.1, -0.05) is 29.3 Å². The summed E-state index contributed by atoms with van der Waals surface area (Å²) in [5, 5.41) is 17.7. The third-order valence-corrected chi connectivity index (χ3v) is 7.71. The zero-order valence-corrected chi connectivity index (χ0v) is 20.8. The van der Waals surface area contributed by atoms with Crippen molar-refractivity contribution < 1.29 is 9.90 Å². The van der Waals surface area contributed by atoms with E-state index in [9.17, 15) is 9.90 Å². The topological polar surface area (TPSA) is 131 Å². The Hall–Kier alpha value is -2.62. The van der Waals surface area contributed by atoms with E-state index in [1.165, 1.54) is 0 Å². The first-order valence-electron chi connectivity index (χ1n) is 12.1. The Morgan fingerprint density at radius 3 is 2.51 bits per heavy atom. The van der Waals surface area contributed by atoms with E-state index in [0.29, 0.717) is 58.1 Å². The first-order chi connectivity index (χ1) is 16.9. The van der Waals surface area contributed by atoms with Crippen molar-refractivity contribution in [1.29, 1.82) is 0 Å². The maximum absolute atomic E-state index is 11.7. The van der Waals surface area contributed by atoms with Gasteiger partial charge in [0, 0.05) is 18.0 Å². The number of aromatic nitrogens is 4. The van der Waals surface area contributed by atoms with Crippen molar-refractivity contribution in [3.05, 3.63) is 34.4 Å². The minimum absolute atomic E-state index is 0.0682. The minimum Gasteiger partial charge on any atom is -0.393 e. The smallest absolute Gasteiger partial charge is 0.224 e. The number of hydrogen-bond donors (Lipinski definition) is 4. The number of rotatable bonds is 6. The normalized spacial score (nSPS) is 24.9. The molecule has 2 aliphatic rings. The summed E-state index contributed by atoms with van der Waals surface area (Å²) in [6, 6.07) is 5.51. The number of hydrogen-bond acceptors (Lipinski definition) is 7. The molecule has 11 heteroatoms. The second kappa shape index (κ2) is 10.2. The number of halogens is 2. The van der Waals surface area contributed by atoms with E-state index in [-0.39, 0.29) is 30.0 Å². The summed E-state index contributed by atoms with van der Waals surface area (Å²) in [7, 11) is 0. The Morgan fingerprint density at radius 2 is 1.83 bits per heavy atom. The third kappa shape index (κ3) is 5.17. The average molecular weight is 518 g/mol. The molecule has 9 nitrogen and oxygen atoms in total. The maximum atomic E-state index is 11.7. The fourth-order valence-corrected chi connectivity index (χ4v) is 5.71. The molecule has 1 aromatic carbocycles. The van der Waals surface area contributed by atoms with Crippen LogP contribution in [0.3, 0.4) is 0 Å². The highest BCUT2D eigenvalue weighted by Gasteiger charge is 2.30. The van der Waals surface area contributed by atoms with Crippen LogP contribution < -0.4 is 16.4 Å². The zero-order chi connectivity index (χ0) is 24.5. The number of anilines is 3. The van der Waals surface area contributed by atoms with Gasteiger partial charge in [0.2, 0.25) is 17.8 Å². The SMILES string of the molecule is NC(=O)C1CCC(n2c(Nc3c(Cl)cccc3Cl)nc3cnc(N[C@@H]4CCC[C@@H](O)C4)nc32)CC1. The van der Waals surface area contributed by atoms with Gasteiger partial charge in [-0.05, 0) is 63.5 Å². The number of para-hydroxylation sites is 1. The van der Waals surface area contributed by atoms with Crippen LogP contribution >= 0.6 is 23.2 Å². The molecule has 0 aliphatic heterocycles. The van der Waals surface area contributed by atoms with E-state index < -0.39 is 0 Å². The molecule has 0 bridgehead atoms. The number of nitrogens with zero attached hydrogens (tertiary/aromatic N) is 4. The van der Waals surface area contributed by atoms with Gasteiger partial charge in [0.15, 0.2) is 5.65 Å². The van der Waals surface area contributed by atoms with E-state index in [4.69, 9.17) is 38.9 Å². The number of fused-ring (bicyclic) bond motifs is 1. The number of aliphatic hydroxyl groups excluding tert-OH is 1. The number of imidazole rings is 1. The second-order valence-corrected chi connectivity index (χ2v) is 10.3. The van der Waals surface area contributed by atoms with E-state index in [0.717, 1.165) is 32.1 Å². The predicted molar refractivity (Wildman–Crippen MR) is 137 cm³/mol. The van der Waals surface area contributed by atoms with Crippen molar-refractivity contribution in [3.8, 4) is 0 Å². The van der Waals surface area contributed by atoms with Gasteiger partial charge in [-0.25, -0.2) is 9.97 Å². The van der Waals surface area contributed by atoms with Crippen molar-refractivity contribution in [3.63, 3.8) is 0 Å². The van der Waals surface area contributed by atoms with Crippen molar-refractivity contribution in [1.82, 2.24) is 19.5 Å². The zero-order valence-electron chi connectivity index (χ0n) is 19.3. The van der Waals surface area contributed by atoms with Crippen molar-refractivity contribution in [2.24, 2.45) is 11.7 Å². The van der Waals surface area contributed by atoms with Crippen molar-refractivity contribution >= 4 is 57.9 Å². The van der Waals surface area contributed by atoms with E-state index in [2.05, 4.69) is 20.2 Å². The molecule has 2 saturated carbocycles. The number of carbonyl (C=O) groups excluding carboxylic acids is 1. The van der Waals surface area contributed by atoms with Crippen LogP contribution in [-0.2, 0) is 4.79 Å². The lowest BCUT2D eigenvalue weighted by Gasteiger charge is -2.29. The first kappa shape index (κ1) is 24.1. The fourth-order valence-electron chi connectivity index (χ4n) is 5.22. The molecule has 2 aromatic heterocycles. The standard InChI is InChI=1S/C24H29Cl2N7O2/c25-17-5-2-6-18(26)20(17)31-24-30-19-12-28-23(29-14-3-1-4-16(34)11-14)32-22(19)33(24)15-9-7-13(8-10-15)21(27)35/h2,5-6,12-16,34H,1,3-4,7-11H2,(H2,27,35)(H,30,31)(H,28,29,32)/t13?,14-,15?,16-/m1/s1. The summed E-state index contributed by atoms with van der Waals surface area (Å²) in [4.78, 5) is 25.8. The van der Waals surface area contributed by atoms with Gasteiger partial charge in [-0.3, -0.25) is 9.36 Å². The number of nitrogens with one attached hydrogen (secondary N) is 2. The summed E-state index contributed by atoms with van der Waals surface area (Å²) < 4.78 is 2.06. The second-order valence-electron chi connectivity index (χ2n) is 9.50. The molecule has 0 spiro atoms. The van der Waals surface area contributed by atoms with Gasteiger partial charge < -0.3 is 21.5 Å². The molecule has 0 radical (unpaired) electrons. The van der Waals surface area contributed by atoms with Crippen molar-refractivity contribution in [2.75, 3.05) is 10.6 Å². The minimum atomic E-state index is -0.299. The molecular formula is C24H29Cl2N7O2. The number of benzene rings is 1. The molecule has 186 valence electrons. The van der Waals surface area contributed by atoms with Crippen LogP contribution in [0.4, 0.5) is 17.6 Å². The highest BCUT2D eigenvalue weighted by molar-refractivity contribution is 6.39. The largest absolute Gasteiger partial charge is 0.393 e. The Morgan fingerprint density at radius 1 is 1.09 bits per heavy atom. The van der Waals surface area contributed by atoms with Crippen LogP contribution in [0.2, 0.25) is 10.0 Å². The molecular weight excluding hydrogens is 489 g/mol. The lowest BCUT2D eigenvalue weighted by atomic mass is 9.85. The summed E-state index contributed by atoms with van der Waals surface area (Å²) in [6.45, 7) is 0. The van der Waals surface area contributed by atoms with Crippen molar-refractivity contribution in [2.45, 2.75) is 69.6 Å². The monoisotopic (exact) mass is 517 g/mol. The van der Waals surface area contributed by atoms with E-state index >= 15 is 0 Å². The molecule has 2 atom stereocenters. The average Bonchev–Trinajstić information content (AvgIpc) is 3.19. The summed E-state index contributed by atoms with van der Waals surface area (Å²) in [6.07, 6.45) is 7.80. The highest BCUT2D eigenvalue weighted by Crippen LogP contribution is 2.39. The summed E-state index contributed by atoms with van der Waals surface area (Å²) >= 11 is 12.8. The molecule has 2 fully saturated rings. The van der Waals surface area contributed by atoms with Gasteiger partial charge >= 0.3 is 0 Å². The molecule has 2 heterocycles. The Labute approximate surface area is 213 Å². The van der Waals surface area contributed by atoms with Gasteiger partial charge in [-0.2, -0.15) is 4.98 Å². The van der Waals surface area contributed by atoms with E-state index in [1.54, 1.807) is 24.4 Å². The molecule has 35 heavy (non-hydrogen) atoms. The summed E-state index contributed by atoms with van der Waals surface area (Å²) in [5.74, 6) is 0.714. The van der Waals surface area contributed by atoms with Crippen LogP contribution in [0.15, 0.2) is 24.4 Å². The van der Waals surface area contributed by atoms with Crippen LogP contribution in [0.5, 0.6) is 0 Å². The first-order valence-corrected chi connectivity index (χ1v) is 12.8. The van der Waals surface area contributed by atoms with Crippen LogP contribution in [-0.4, -0.2) is 42.7 Å². The van der Waals surface area contributed by atoms with Gasteiger partial charge in [0.05, 0.1) is 28.0 Å². The summed E-state index contributed by atoms with van der Waals surface area (Å²) in [5.41, 5.74) is 7.46. The molecule has 1 amide bonds. The van der Waals surface area contributed by atoms with Crippen LogP contribution in [0.25, 0.3) is 11.2 Å². The Balaban J connectivity index is 1.51. The molecule has 0 unspecified atom stereocenters. The maximum Gasteiger partial charge on any atom is 0.224 e. The molecule has 0 saturated heterocycles. The van der Waals surface area contributed by atoms with Crippen LogP contribution in [0, 0.1) is 5.92 Å². The molecule has 2 aliphatic carbocycles.